The first-order valence-electron chi connectivity index (χ1n) is 16.5. The minimum atomic E-state index is -0.298. The molecule has 0 heterocycles. The number of hydrogen-bond acceptors (Lipinski definition) is 4. The summed E-state index contributed by atoms with van der Waals surface area (Å²) in [6.45, 7) is 12.5. The summed E-state index contributed by atoms with van der Waals surface area (Å²) in [6, 6.07) is 5.04. The first kappa shape index (κ1) is 30.2. The van der Waals surface area contributed by atoms with E-state index in [9.17, 15) is 9.90 Å². The van der Waals surface area contributed by atoms with Gasteiger partial charge in [0.25, 0.3) is 0 Å². The van der Waals surface area contributed by atoms with E-state index in [4.69, 9.17) is 9.47 Å². The van der Waals surface area contributed by atoms with Crippen LogP contribution in [0.2, 0.25) is 0 Å². The van der Waals surface area contributed by atoms with E-state index >= 15 is 0 Å². The van der Waals surface area contributed by atoms with Crippen LogP contribution in [0.4, 0.5) is 0 Å². The Morgan fingerprint density at radius 2 is 1.88 bits per heavy atom. The normalized spacial score (nSPS) is 35.4. The van der Waals surface area contributed by atoms with Crippen molar-refractivity contribution in [1.29, 1.82) is 0 Å². The Labute approximate surface area is 249 Å². The fourth-order valence-corrected chi connectivity index (χ4v) is 9.92. The summed E-state index contributed by atoms with van der Waals surface area (Å²) in [5, 5.41) is 9.80. The average molecular weight is 563 g/mol. The number of allylic oxidation sites excluding steroid dienone is 1. The van der Waals surface area contributed by atoms with Crippen LogP contribution in [-0.2, 0) is 9.53 Å². The van der Waals surface area contributed by atoms with E-state index in [0.29, 0.717) is 11.2 Å². The Morgan fingerprint density at radius 3 is 2.63 bits per heavy atom. The summed E-state index contributed by atoms with van der Waals surface area (Å²) in [6.07, 6.45) is 19.7. The quantitative estimate of drug-likeness (QED) is 0.185. The maximum atomic E-state index is 12.7. The van der Waals surface area contributed by atoms with Crippen molar-refractivity contribution in [2.24, 2.45) is 46.3 Å². The maximum absolute atomic E-state index is 12.7. The van der Waals surface area contributed by atoms with Crippen LogP contribution in [0.25, 0.3) is 6.08 Å². The van der Waals surface area contributed by atoms with E-state index < -0.39 is 0 Å². The zero-order valence-corrected chi connectivity index (χ0v) is 26.5. The lowest BCUT2D eigenvalue weighted by Crippen LogP contribution is -2.51. The molecule has 0 saturated heterocycles. The van der Waals surface area contributed by atoms with Crippen molar-refractivity contribution in [3.63, 3.8) is 0 Å². The minimum Gasteiger partial charge on any atom is -0.504 e. The van der Waals surface area contributed by atoms with Gasteiger partial charge < -0.3 is 14.6 Å². The van der Waals surface area contributed by atoms with Crippen molar-refractivity contribution in [3.8, 4) is 11.5 Å². The number of phenols is 1. The molecule has 0 amide bonds. The minimum absolute atomic E-state index is 0.0474. The zero-order chi connectivity index (χ0) is 29.4. The molecule has 226 valence electrons. The van der Waals surface area contributed by atoms with Gasteiger partial charge in [0.05, 0.1) is 7.11 Å². The van der Waals surface area contributed by atoms with Gasteiger partial charge in [-0.15, -0.1) is 0 Å². The third-order valence-electron chi connectivity index (χ3n) is 12.2. The maximum Gasteiger partial charge on any atom is 0.331 e. The average Bonchev–Trinajstić information content (AvgIpc) is 3.30. The number of phenolic OH excluding ortho intramolecular Hbond substituents is 1. The molecular formula is C37H54O4. The van der Waals surface area contributed by atoms with Gasteiger partial charge in [-0.2, -0.15) is 0 Å². The molecular weight excluding hydrogens is 508 g/mol. The van der Waals surface area contributed by atoms with Gasteiger partial charge in [0.15, 0.2) is 11.5 Å². The number of methoxy groups -OCH3 is 1. The highest BCUT2D eigenvalue weighted by molar-refractivity contribution is 5.87. The van der Waals surface area contributed by atoms with Gasteiger partial charge in [-0.1, -0.05) is 71.6 Å². The second-order valence-corrected chi connectivity index (χ2v) is 14.9. The molecule has 1 aromatic carbocycles. The van der Waals surface area contributed by atoms with Crippen molar-refractivity contribution in [3.05, 3.63) is 41.5 Å². The molecule has 0 aliphatic heterocycles. The second-order valence-electron chi connectivity index (χ2n) is 14.9. The molecule has 0 aromatic heterocycles. The third kappa shape index (κ3) is 6.00. The van der Waals surface area contributed by atoms with Crippen LogP contribution in [0.1, 0.15) is 111 Å². The molecule has 4 nitrogen and oxygen atoms in total. The van der Waals surface area contributed by atoms with Crippen molar-refractivity contribution < 1.29 is 19.4 Å². The first-order valence-corrected chi connectivity index (χ1v) is 16.5. The molecule has 3 fully saturated rings. The van der Waals surface area contributed by atoms with Gasteiger partial charge in [-0.25, -0.2) is 4.79 Å². The summed E-state index contributed by atoms with van der Waals surface area (Å²) in [4.78, 5) is 12.7. The Hall–Kier alpha value is -2.23. The SMILES string of the molecule is COc1cc(C=CC(=O)O[C@H]2CC[C@@]3(C)C(=CC[C@H]4[C@@H]5CC[C@H]([C@H](C)CCCC(C)C)[C@@]5(C)CC[C@@H]43)C2)ccc1O. The molecule has 8 atom stereocenters. The van der Waals surface area contributed by atoms with Gasteiger partial charge in [-0.05, 0) is 115 Å². The second kappa shape index (κ2) is 12.2. The summed E-state index contributed by atoms with van der Waals surface area (Å²) in [5.41, 5.74) is 3.11. The number of benzene rings is 1. The van der Waals surface area contributed by atoms with Gasteiger partial charge in [-0.3, -0.25) is 0 Å². The molecule has 4 aliphatic rings. The topological polar surface area (TPSA) is 55.8 Å². The molecule has 5 rings (SSSR count). The van der Waals surface area contributed by atoms with E-state index in [2.05, 4.69) is 40.7 Å². The molecule has 41 heavy (non-hydrogen) atoms. The number of hydrogen-bond donors (Lipinski definition) is 1. The van der Waals surface area contributed by atoms with Gasteiger partial charge in [0, 0.05) is 12.5 Å². The summed E-state index contributed by atoms with van der Waals surface area (Å²) >= 11 is 0. The van der Waals surface area contributed by atoms with E-state index in [1.807, 2.05) is 0 Å². The lowest BCUT2D eigenvalue weighted by molar-refractivity contribution is -0.145. The number of carbonyl (C=O) groups excluding carboxylic acids is 1. The van der Waals surface area contributed by atoms with Crippen LogP contribution in [-0.4, -0.2) is 24.3 Å². The Bertz CT molecular complexity index is 1150. The Balaban J connectivity index is 1.21. The van der Waals surface area contributed by atoms with E-state index in [1.165, 1.54) is 64.6 Å². The van der Waals surface area contributed by atoms with Crippen LogP contribution < -0.4 is 4.74 Å². The molecule has 0 spiro atoms. The van der Waals surface area contributed by atoms with Crippen LogP contribution >= 0.6 is 0 Å². The Morgan fingerprint density at radius 1 is 1.07 bits per heavy atom. The number of carbonyl (C=O) groups is 1. The number of esters is 1. The molecule has 3 saturated carbocycles. The smallest absolute Gasteiger partial charge is 0.331 e. The van der Waals surface area contributed by atoms with Crippen LogP contribution in [0.15, 0.2) is 35.9 Å². The standard InChI is InChI=1S/C37H54O4/c1-24(2)8-7-9-25(3)30-14-15-31-29-13-12-27-23-28(18-20-36(27,4)32(29)19-21-37(30,31)5)41-35(39)17-11-26-10-16-33(38)34(22-26)40-6/h10-12,16-17,22,24-25,28-32,38H,7-9,13-15,18-21,23H2,1-6H3/t25-,28+,29+,30-,31+,32+,36+,37-/m1/s1. The summed E-state index contributed by atoms with van der Waals surface area (Å²) in [5.74, 6) is 5.20. The molecule has 1 aromatic rings. The highest BCUT2D eigenvalue weighted by Gasteiger charge is 2.59. The van der Waals surface area contributed by atoms with Crippen LogP contribution in [0.3, 0.4) is 0 Å². The lowest BCUT2D eigenvalue weighted by atomic mass is 9.47. The third-order valence-corrected chi connectivity index (χ3v) is 12.2. The highest BCUT2D eigenvalue weighted by Crippen LogP contribution is 2.67. The number of fused-ring (bicyclic) bond motifs is 5. The molecule has 0 radical (unpaired) electrons. The predicted molar refractivity (Wildman–Crippen MR) is 167 cm³/mol. The first-order chi connectivity index (χ1) is 19.5. The number of rotatable bonds is 9. The molecule has 4 heteroatoms. The molecule has 0 bridgehead atoms. The largest absolute Gasteiger partial charge is 0.504 e. The van der Waals surface area contributed by atoms with E-state index in [-0.39, 0.29) is 23.2 Å². The van der Waals surface area contributed by atoms with Crippen molar-refractivity contribution in [1.82, 2.24) is 0 Å². The fourth-order valence-electron chi connectivity index (χ4n) is 9.92. The van der Waals surface area contributed by atoms with Crippen molar-refractivity contribution >= 4 is 12.0 Å². The monoisotopic (exact) mass is 562 g/mol. The summed E-state index contributed by atoms with van der Waals surface area (Å²) < 4.78 is 11.1. The molecule has 1 N–H and O–H groups in total. The van der Waals surface area contributed by atoms with Crippen LogP contribution in [0.5, 0.6) is 11.5 Å². The van der Waals surface area contributed by atoms with Crippen molar-refractivity contribution in [2.45, 2.75) is 111 Å². The van der Waals surface area contributed by atoms with E-state index in [1.54, 1.807) is 29.8 Å². The van der Waals surface area contributed by atoms with Gasteiger partial charge in [0.1, 0.15) is 6.10 Å². The molecule has 4 aliphatic carbocycles. The predicted octanol–water partition coefficient (Wildman–Crippen LogP) is 9.37. The fraction of sp³-hybridized carbons (Fsp3) is 0.703. The van der Waals surface area contributed by atoms with Crippen LogP contribution in [0, 0.1) is 46.3 Å². The Kier molecular flexibility index (Phi) is 8.98. The summed E-state index contributed by atoms with van der Waals surface area (Å²) in [7, 11) is 1.52. The van der Waals surface area contributed by atoms with E-state index in [0.717, 1.165) is 60.3 Å². The lowest BCUT2D eigenvalue weighted by Gasteiger charge is -2.58. The van der Waals surface area contributed by atoms with Gasteiger partial charge in [0.2, 0.25) is 0 Å². The molecule has 0 unspecified atom stereocenters. The highest BCUT2D eigenvalue weighted by atomic mass is 16.5. The van der Waals surface area contributed by atoms with Crippen molar-refractivity contribution in [2.75, 3.05) is 7.11 Å². The van der Waals surface area contributed by atoms with Gasteiger partial charge >= 0.3 is 5.97 Å². The number of ether oxygens (including phenoxy) is 2. The number of aromatic hydroxyl groups is 1. The zero-order valence-electron chi connectivity index (χ0n) is 26.5.